The molecule has 0 saturated carbocycles. The molecule has 0 saturated heterocycles. The van der Waals surface area contributed by atoms with E-state index in [1.54, 1.807) is 0 Å². The van der Waals surface area contributed by atoms with E-state index < -0.39 is 0 Å². The van der Waals surface area contributed by atoms with Crippen LogP contribution in [-0.2, 0) is 0 Å². The van der Waals surface area contributed by atoms with Gasteiger partial charge in [0.15, 0.2) is 0 Å². The zero-order valence-corrected chi connectivity index (χ0v) is 10.5. The highest BCUT2D eigenvalue weighted by Crippen LogP contribution is 2.32. The summed E-state index contributed by atoms with van der Waals surface area (Å²) in [6, 6.07) is 9.50. The number of hydrogen-bond acceptors (Lipinski definition) is 3. The summed E-state index contributed by atoms with van der Waals surface area (Å²) in [7, 11) is 0. The summed E-state index contributed by atoms with van der Waals surface area (Å²) in [4.78, 5) is 8.12. The van der Waals surface area contributed by atoms with Crippen molar-refractivity contribution in [1.82, 2.24) is 9.97 Å². The number of halogens is 1. The van der Waals surface area contributed by atoms with Crippen molar-refractivity contribution in [1.29, 1.82) is 0 Å². The maximum atomic E-state index is 6.06. The normalized spacial score (nSPS) is 10.6. The van der Waals surface area contributed by atoms with Crippen LogP contribution in [0.3, 0.4) is 0 Å². The molecular weight excluding hydrogens is 236 g/mol. The molecule has 88 valence electrons. The van der Waals surface area contributed by atoms with E-state index in [-0.39, 0.29) is 5.92 Å². The Balaban J connectivity index is 2.36. The maximum absolute atomic E-state index is 6.06. The number of nitrogens with zero attached hydrogens (tertiary/aromatic N) is 2. The Kier molecular flexibility index (Phi) is 3.59. The van der Waals surface area contributed by atoms with Crippen LogP contribution in [0.5, 0.6) is 11.6 Å². The highest BCUT2D eigenvalue weighted by Gasteiger charge is 2.15. The standard InChI is InChI=1S/C13H13ClN2O/c1-9(2)11-12(14)15-8-16-13(11)17-10-6-4-3-5-7-10/h3-9H,1-2H3. The van der Waals surface area contributed by atoms with E-state index in [0.29, 0.717) is 11.0 Å². The first-order valence-corrected chi connectivity index (χ1v) is 5.79. The average Bonchev–Trinajstić information content (AvgIpc) is 2.30. The summed E-state index contributed by atoms with van der Waals surface area (Å²) in [6.07, 6.45) is 1.41. The van der Waals surface area contributed by atoms with Crippen molar-refractivity contribution in [2.45, 2.75) is 19.8 Å². The topological polar surface area (TPSA) is 35.0 Å². The van der Waals surface area contributed by atoms with Gasteiger partial charge in [0.1, 0.15) is 17.2 Å². The van der Waals surface area contributed by atoms with Crippen molar-refractivity contribution in [3.8, 4) is 11.6 Å². The summed E-state index contributed by atoms with van der Waals surface area (Å²) in [6.45, 7) is 4.06. The van der Waals surface area contributed by atoms with Crippen molar-refractivity contribution < 1.29 is 4.74 Å². The molecule has 0 atom stereocenters. The molecule has 0 spiro atoms. The molecule has 0 aliphatic carbocycles. The van der Waals surface area contributed by atoms with Crippen LogP contribution in [0, 0.1) is 0 Å². The largest absolute Gasteiger partial charge is 0.439 e. The molecule has 2 aromatic rings. The van der Waals surface area contributed by atoms with Gasteiger partial charge in [0.25, 0.3) is 0 Å². The lowest BCUT2D eigenvalue weighted by molar-refractivity contribution is 0.451. The Bertz CT molecular complexity index is 500. The molecule has 0 fully saturated rings. The zero-order chi connectivity index (χ0) is 12.3. The van der Waals surface area contributed by atoms with E-state index in [0.717, 1.165) is 11.3 Å². The summed E-state index contributed by atoms with van der Waals surface area (Å²) in [5, 5.41) is 0.445. The third-order valence-corrected chi connectivity index (χ3v) is 2.63. The number of benzene rings is 1. The molecule has 17 heavy (non-hydrogen) atoms. The second-order valence-corrected chi connectivity index (χ2v) is 4.31. The fourth-order valence-electron chi connectivity index (χ4n) is 1.53. The van der Waals surface area contributed by atoms with Gasteiger partial charge in [-0.3, -0.25) is 0 Å². The van der Waals surface area contributed by atoms with Crippen LogP contribution in [0.1, 0.15) is 25.3 Å². The predicted molar refractivity (Wildman–Crippen MR) is 67.6 cm³/mol. The second-order valence-electron chi connectivity index (χ2n) is 3.95. The zero-order valence-electron chi connectivity index (χ0n) is 9.72. The molecule has 0 bridgehead atoms. The van der Waals surface area contributed by atoms with Gasteiger partial charge in [-0.05, 0) is 18.1 Å². The molecule has 3 nitrogen and oxygen atoms in total. The molecule has 0 N–H and O–H groups in total. The maximum Gasteiger partial charge on any atom is 0.227 e. The first kappa shape index (κ1) is 11.9. The molecule has 1 aromatic heterocycles. The molecule has 4 heteroatoms. The summed E-state index contributed by atoms with van der Waals surface area (Å²) in [5.41, 5.74) is 0.831. The quantitative estimate of drug-likeness (QED) is 0.769. The lowest BCUT2D eigenvalue weighted by Gasteiger charge is -2.12. The van der Waals surface area contributed by atoms with Gasteiger partial charge in [0, 0.05) is 0 Å². The SMILES string of the molecule is CC(C)c1c(Cl)ncnc1Oc1ccccc1. The third kappa shape index (κ3) is 2.74. The van der Waals surface area contributed by atoms with Crippen LogP contribution in [0.25, 0.3) is 0 Å². The van der Waals surface area contributed by atoms with Gasteiger partial charge in [-0.15, -0.1) is 0 Å². The third-order valence-electron chi connectivity index (χ3n) is 2.33. The Labute approximate surface area is 105 Å². The lowest BCUT2D eigenvalue weighted by Crippen LogP contribution is -1.99. The van der Waals surface area contributed by atoms with E-state index in [9.17, 15) is 0 Å². The average molecular weight is 249 g/mol. The van der Waals surface area contributed by atoms with Crippen LogP contribution >= 0.6 is 11.6 Å². The number of para-hydroxylation sites is 1. The Morgan fingerprint density at radius 3 is 2.47 bits per heavy atom. The van der Waals surface area contributed by atoms with Gasteiger partial charge in [-0.1, -0.05) is 43.6 Å². The summed E-state index contributed by atoms with van der Waals surface area (Å²) >= 11 is 6.06. The first-order valence-electron chi connectivity index (χ1n) is 5.41. The van der Waals surface area contributed by atoms with Crippen LogP contribution < -0.4 is 4.74 Å². The molecule has 0 unspecified atom stereocenters. The van der Waals surface area contributed by atoms with Crippen LogP contribution in [-0.4, -0.2) is 9.97 Å². The number of aromatic nitrogens is 2. The molecule has 2 rings (SSSR count). The fraction of sp³-hybridized carbons (Fsp3) is 0.231. The molecule has 1 aromatic carbocycles. The van der Waals surface area contributed by atoms with Crippen molar-refractivity contribution in [3.05, 3.63) is 47.4 Å². The summed E-state index contributed by atoms with van der Waals surface area (Å²) < 4.78 is 5.72. The van der Waals surface area contributed by atoms with Crippen molar-refractivity contribution in [2.24, 2.45) is 0 Å². The monoisotopic (exact) mass is 248 g/mol. The smallest absolute Gasteiger partial charge is 0.227 e. The van der Waals surface area contributed by atoms with Crippen molar-refractivity contribution >= 4 is 11.6 Å². The number of rotatable bonds is 3. The van der Waals surface area contributed by atoms with Gasteiger partial charge in [-0.25, -0.2) is 9.97 Å². The minimum absolute atomic E-state index is 0.211. The van der Waals surface area contributed by atoms with E-state index in [4.69, 9.17) is 16.3 Å². The fourth-order valence-corrected chi connectivity index (χ4v) is 1.87. The van der Waals surface area contributed by atoms with Gasteiger partial charge in [-0.2, -0.15) is 0 Å². The summed E-state index contributed by atoms with van der Waals surface area (Å²) in [5.74, 6) is 1.47. The number of hydrogen-bond donors (Lipinski definition) is 0. The van der Waals surface area contributed by atoms with Gasteiger partial charge < -0.3 is 4.74 Å². The molecular formula is C13H13ClN2O. The van der Waals surface area contributed by atoms with Crippen molar-refractivity contribution in [2.75, 3.05) is 0 Å². The Morgan fingerprint density at radius 2 is 1.82 bits per heavy atom. The lowest BCUT2D eigenvalue weighted by atomic mass is 10.1. The van der Waals surface area contributed by atoms with Crippen LogP contribution in [0.4, 0.5) is 0 Å². The van der Waals surface area contributed by atoms with Crippen molar-refractivity contribution in [3.63, 3.8) is 0 Å². The van der Waals surface area contributed by atoms with Gasteiger partial charge in [0.05, 0.1) is 5.56 Å². The molecule has 0 aliphatic heterocycles. The van der Waals surface area contributed by atoms with E-state index in [1.807, 2.05) is 44.2 Å². The predicted octanol–water partition coefficient (Wildman–Crippen LogP) is 4.05. The molecule has 0 aliphatic rings. The molecule has 1 heterocycles. The second kappa shape index (κ2) is 5.15. The minimum atomic E-state index is 0.211. The Morgan fingerprint density at radius 1 is 1.12 bits per heavy atom. The van der Waals surface area contributed by atoms with Gasteiger partial charge >= 0.3 is 0 Å². The first-order chi connectivity index (χ1) is 8.18. The van der Waals surface area contributed by atoms with E-state index in [1.165, 1.54) is 6.33 Å². The highest BCUT2D eigenvalue weighted by atomic mass is 35.5. The molecule has 0 radical (unpaired) electrons. The van der Waals surface area contributed by atoms with E-state index in [2.05, 4.69) is 9.97 Å². The Hall–Kier alpha value is -1.61. The number of ether oxygens (including phenoxy) is 1. The molecule has 0 amide bonds. The van der Waals surface area contributed by atoms with Crippen LogP contribution in [0.15, 0.2) is 36.7 Å². The minimum Gasteiger partial charge on any atom is -0.439 e. The highest BCUT2D eigenvalue weighted by molar-refractivity contribution is 6.30. The van der Waals surface area contributed by atoms with Crippen LogP contribution in [0.2, 0.25) is 5.15 Å². The van der Waals surface area contributed by atoms with Gasteiger partial charge in [0.2, 0.25) is 5.88 Å². The van der Waals surface area contributed by atoms with E-state index >= 15 is 0 Å².